The molecule has 4 rings (SSSR count). The van der Waals surface area contributed by atoms with Crippen LogP contribution >= 0.6 is 0 Å². The maximum atomic E-state index is 12.7. The zero-order chi connectivity index (χ0) is 22.0. The van der Waals surface area contributed by atoms with E-state index in [1.807, 2.05) is 18.2 Å². The number of fused-ring (bicyclic) bond motifs is 1. The van der Waals surface area contributed by atoms with Crippen molar-refractivity contribution >= 4 is 21.8 Å². The molecule has 0 radical (unpaired) electrons. The zero-order valence-corrected chi connectivity index (χ0v) is 17.9. The summed E-state index contributed by atoms with van der Waals surface area (Å²) in [6, 6.07) is 13.9. The first-order valence-corrected chi connectivity index (χ1v) is 11.7. The highest BCUT2D eigenvalue weighted by Crippen LogP contribution is 2.30. The van der Waals surface area contributed by atoms with Crippen molar-refractivity contribution in [1.29, 1.82) is 0 Å². The monoisotopic (exact) mass is 439 g/mol. The summed E-state index contributed by atoms with van der Waals surface area (Å²) in [6.45, 7) is 3.81. The fourth-order valence-electron chi connectivity index (χ4n) is 4.06. The lowest BCUT2D eigenvalue weighted by Gasteiger charge is -2.38. The molecular formula is C23H25N3O4S. The van der Waals surface area contributed by atoms with Crippen LogP contribution < -0.4 is 10.6 Å². The molecule has 31 heavy (non-hydrogen) atoms. The summed E-state index contributed by atoms with van der Waals surface area (Å²) in [4.78, 5) is 24.2. The van der Waals surface area contributed by atoms with Gasteiger partial charge >= 0.3 is 0 Å². The lowest BCUT2D eigenvalue weighted by Crippen LogP contribution is -2.60. The number of rotatable bonds is 6. The third kappa shape index (κ3) is 4.40. The van der Waals surface area contributed by atoms with Gasteiger partial charge in [-0.3, -0.25) is 9.59 Å². The van der Waals surface area contributed by atoms with Crippen LogP contribution in [-0.4, -0.2) is 43.7 Å². The van der Waals surface area contributed by atoms with E-state index in [0.29, 0.717) is 5.56 Å². The number of hydrogen-bond acceptors (Lipinski definition) is 4. The van der Waals surface area contributed by atoms with E-state index in [0.717, 1.165) is 30.9 Å². The Morgan fingerprint density at radius 1 is 1.03 bits per heavy atom. The normalized spacial score (nSPS) is 19.0. The second kappa shape index (κ2) is 8.64. The fourth-order valence-corrected chi connectivity index (χ4v) is 5.59. The number of carbonyl (C=O) groups is 2. The number of sulfonamides is 1. The largest absolute Gasteiger partial charge is 0.347 e. The molecule has 0 spiro atoms. The average molecular weight is 440 g/mol. The van der Waals surface area contributed by atoms with Crippen LogP contribution in [0.2, 0.25) is 0 Å². The van der Waals surface area contributed by atoms with Gasteiger partial charge in [0.05, 0.1) is 17.0 Å². The van der Waals surface area contributed by atoms with Gasteiger partial charge in [0.15, 0.2) is 0 Å². The standard InChI is InChI=1S/C23H25N3O4S/c1-2-22(27)24-18-14-26(15-18)31(29,30)19-12-10-17(11-13-19)23(28)25-21-9-5-7-16-6-3-4-8-20(16)21/h2-4,6,8,10-13,18,21H,1,5,7,9,14-15H2,(H,24,27)(H,25,28). The van der Waals surface area contributed by atoms with Crippen LogP contribution in [0.4, 0.5) is 0 Å². The molecule has 1 aliphatic heterocycles. The minimum Gasteiger partial charge on any atom is -0.347 e. The first-order valence-electron chi connectivity index (χ1n) is 10.3. The number of carbonyl (C=O) groups excluding carboxylic acids is 2. The van der Waals surface area contributed by atoms with Crippen LogP contribution in [0.15, 0.2) is 66.1 Å². The van der Waals surface area contributed by atoms with Crippen molar-refractivity contribution in [2.45, 2.75) is 36.2 Å². The van der Waals surface area contributed by atoms with E-state index in [2.05, 4.69) is 23.3 Å². The summed E-state index contributed by atoms with van der Waals surface area (Å²) < 4.78 is 26.8. The van der Waals surface area contributed by atoms with Crippen LogP contribution in [0.5, 0.6) is 0 Å². The molecule has 0 aromatic heterocycles. The molecule has 1 atom stereocenters. The van der Waals surface area contributed by atoms with Crippen LogP contribution in [0.3, 0.4) is 0 Å². The van der Waals surface area contributed by atoms with Gasteiger partial charge in [-0.05, 0) is 60.7 Å². The molecule has 2 amide bonds. The molecule has 8 heteroatoms. The minimum atomic E-state index is -3.66. The van der Waals surface area contributed by atoms with E-state index in [9.17, 15) is 18.0 Å². The fraction of sp³-hybridized carbons (Fsp3) is 0.304. The third-order valence-corrected chi connectivity index (χ3v) is 7.65. The number of hydrogen-bond donors (Lipinski definition) is 2. The summed E-state index contributed by atoms with van der Waals surface area (Å²) in [6.07, 6.45) is 4.08. The van der Waals surface area contributed by atoms with Crippen molar-refractivity contribution in [3.05, 3.63) is 77.9 Å². The smallest absolute Gasteiger partial charge is 0.251 e. The molecule has 1 fully saturated rings. The Hall–Kier alpha value is -2.97. The molecular weight excluding hydrogens is 414 g/mol. The number of nitrogens with one attached hydrogen (secondary N) is 2. The van der Waals surface area contributed by atoms with Gasteiger partial charge in [0.2, 0.25) is 15.9 Å². The van der Waals surface area contributed by atoms with Crippen molar-refractivity contribution in [1.82, 2.24) is 14.9 Å². The molecule has 2 aliphatic rings. The summed E-state index contributed by atoms with van der Waals surface area (Å²) in [5.74, 6) is -0.542. The summed E-state index contributed by atoms with van der Waals surface area (Å²) in [5.41, 5.74) is 2.83. The number of benzene rings is 2. The number of aryl methyl sites for hydroxylation is 1. The van der Waals surface area contributed by atoms with Crippen molar-refractivity contribution in [2.24, 2.45) is 0 Å². The van der Waals surface area contributed by atoms with E-state index in [-0.39, 0.29) is 41.9 Å². The van der Waals surface area contributed by atoms with Crippen molar-refractivity contribution in [2.75, 3.05) is 13.1 Å². The maximum Gasteiger partial charge on any atom is 0.251 e. The third-order valence-electron chi connectivity index (χ3n) is 5.81. The maximum absolute atomic E-state index is 12.7. The van der Waals surface area contributed by atoms with E-state index < -0.39 is 10.0 Å². The highest BCUT2D eigenvalue weighted by Gasteiger charge is 2.37. The van der Waals surface area contributed by atoms with Gasteiger partial charge in [-0.25, -0.2) is 8.42 Å². The SMILES string of the molecule is C=CC(=O)NC1CN(S(=O)(=O)c2ccc(C(=O)NC3CCCc4ccccc43)cc2)C1. The number of nitrogens with zero attached hydrogens (tertiary/aromatic N) is 1. The first kappa shape index (κ1) is 21.3. The molecule has 7 nitrogen and oxygen atoms in total. The molecule has 1 unspecified atom stereocenters. The molecule has 162 valence electrons. The Balaban J connectivity index is 1.40. The van der Waals surface area contributed by atoms with Crippen LogP contribution in [0.25, 0.3) is 0 Å². The second-order valence-corrected chi connectivity index (χ2v) is 9.81. The van der Waals surface area contributed by atoms with Gasteiger partial charge in [-0.15, -0.1) is 0 Å². The van der Waals surface area contributed by atoms with Crippen molar-refractivity contribution in [3.63, 3.8) is 0 Å². The average Bonchev–Trinajstić information content (AvgIpc) is 2.76. The Morgan fingerprint density at radius 2 is 1.74 bits per heavy atom. The summed E-state index contributed by atoms with van der Waals surface area (Å²) in [5, 5.41) is 5.75. The van der Waals surface area contributed by atoms with Crippen LogP contribution in [0.1, 0.15) is 40.4 Å². The molecule has 1 aliphatic carbocycles. The second-order valence-electron chi connectivity index (χ2n) is 7.87. The highest BCUT2D eigenvalue weighted by atomic mass is 32.2. The molecule has 2 N–H and O–H groups in total. The van der Waals surface area contributed by atoms with Gasteiger partial charge in [0, 0.05) is 18.7 Å². The Kier molecular flexibility index (Phi) is 5.93. The lowest BCUT2D eigenvalue weighted by molar-refractivity contribution is -0.117. The Morgan fingerprint density at radius 3 is 2.45 bits per heavy atom. The molecule has 1 saturated heterocycles. The van der Waals surface area contributed by atoms with Gasteiger partial charge in [-0.1, -0.05) is 30.8 Å². The van der Waals surface area contributed by atoms with Gasteiger partial charge in [-0.2, -0.15) is 4.31 Å². The van der Waals surface area contributed by atoms with E-state index in [4.69, 9.17) is 0 Å². The van der Waals surface area contributed by atoms with E-state index >= 15 is 0 Å². The molecule has 1 heterocycles. The Labute approximate surface area is 182 Å². The molecule has 2 aromatic carbocycles. The van der Waals surface area contributed by atoms with Gasteiger partial charge < -0.3 is 10.6 Å². The first-order chi connectivity index (χ1) is 14.9. The molecule has 0 bridgehead atoms. The topological polar surface area (TPSA) is 95.6 Å². The van der Waals surface area contributed by atoms with Gasteiger partial charge in [0.25, 0.3) is 5.91 Å². The summed E-state index contributed by atoms with van der Waals surface area (Å²) >= 11 is 0. The van der Waals surface area contributed by atoms with E-state index in [1.165, 1.54) is 34.1 Å². The van der Waals surface area contributed by atoms with Crippen molar-refractivity contribution < 1.29 is 18.0 Å². The minimum absolute atomic E-state index is 0.0374. The predicted molar refractivity (Wildman–Crippen MR) is 117 cm³/mol. The van der Waals surface area contributed by atoms with Crippen LogP contribution in [0, 0.1) is 0 Å². The predicted octanol–water partition coefficient (Wildman–Crippen LogP) is 2.17. The van der Waals surface area contributed by atoms with Gasteiger partial charge in [0.1, 0.15) is 0 Å². The lowest BCUT2D eigenvalue weighted by atomic mass is 9.87. The zero-order valence-electron chi connectivity index (χ0n) is 17.1. The van der Waals surface area contributed by atoms with Crippen molar-refractivity contribution in [3.8, 4) is 0 Å². The van der Waals surface area contributed by atoms with Crippen LogP contribution in [-0.2, 0) is 21.2 Å². The highest BCUT2D eigenvalue weighted by molar-refractivity contribution is 7.89. The molecule has 0 saturated carbocycles. The molecule has 2 aromatic rings. The number of amides is 2. The Bertz CT molecular complexity index is 1110. The van der Waals surface area contributed by atoms with E-state index in [1.54, 1.807) is 0 Å². The quantitative estimate of drug-likeness (QED) is 0.675. The summed E-state index contributed by atoms with van der Waals surface area (Å²) in [7, 11) is -3.66.